The number of hydrogen-bond acceptors (Lipinski definition) is 2. The summed E-state index contributed by atoms with van der Waals surface area (Å²) in [5.41, 5.74) is 0. The zero-order valence-electron chi connectivity index (χ0n) is 10.2. The molecule has 1 saturated heterocycles. The predicted molar refractivity (Wildman–Crippen MR) is 62.9 cm³/mol. The second-order valence-corrected chi connectivity index (χ2v) is 5.37. The van der Waals surface area contributed by atoms with Crippen LogP contribution in [0.4, 0.5) is 0 Å². The molecule has 1 heterocycles. The van der Waals surface area contributed by atoms with Gasteiger partial charge in [0.05, 0.1) is 6.10 Å². The fraction of sp³-hybridized carbons (Fsp3) is 1.00. The van der Waals surface area contributed by atoms with Crippen molar-refractivity contribution in [2.45, 2.75) is 58.1 Å². The van der Waals surface area contributed by atoms with Gasteiger partial charge in [-0.3, -0.25) is 0 Å². The highest BCUT2D eigenvalue weighted by Crippen LogP contribution is 2.28. The van der Waals surface area contributed by atoms with Crippen LogP contribution in [0.5, 0.6) is 0 Å². The second-order valence-electron chi connectivity index (χ2n) is 5.37. The van der Waals surface area contributed by atoms with Crippen LogP contribution in [0.25, 0.3) is 0 Å². The smallest absolute Gasteiger partial charge is 0.0588 e. The quantitative estimate of drug-likeness (QED) is 0.771. The Hall–Kier alpha value is -0.0800. The lowest BCUT2D eigenvalue weighted by Crippen LogP contribution is -2.37. The third-order valence-electron chi connectivity index (χ3n) is 4.34. The Labute approximate surface area is 93.8 Å². The van der Waals surface area contributed by atoms with Gasteiger partial charge in [-0.1, -0.05) is 12.8 Å². The minimum Gasteiger partial charge on any atom is -0.378 e. The molecule has 0 bridgehead atoms. The molecule has 2 heteroatoms. The fourth-order valence-electron chi connectivity index (χ4n) is 3.01. The molecule has 0 aromatic carbocycles. The van der Waals surface area contributed by atoms with Crippen molar-refractivity contribution < 1.29 is 4.74 Å². The standard InChI is InChI=1S/C13H25NO/c1-10(12-5-3-4-6-12)14-9-13-7-8-15-11(13)2/h10-14H,3-9H2,1-2H3. The van der Waals surface area contributed by atoms with Gasteiger partial charge < -0.3 is 10.1 Å². The van der Waals surface area contributed by atoms with Crippen LogP contribution in [0.15, 0.2) is 0 Å². The van der Waals surface area contributed by atoms with Gasteiger partial charge in [-0.25, -0.2) is 0 Å². The maximum Gasteiger partial charge on any atom is 0.0588 e. The molecule has 0 radical (unpaired) electrons. The maximum atomic E-state index is 5.58. The number of hydrogen-bond donors (Lipinski definition) is 1. The SMILES string of the molecule is CC(NCC1CCOC1C)C1CCCC1. The lowest BCUT2D eigenvalue weighted by atomic mass is 9.97. The molecule has 88 valence electrons. The first kappa shape index (κ1) is 11.4. The molecule has 1 aliphatic heterocycles. The molecule has 0 amide bonds. The average molecular weight is 211 g/mol. The lowest BCUT2D eigenvalue weighted by molar-refractivity contribution is 0.104. The van der Waals surface area contributed by atoms with Gasteiger partial charge in [0.1, 0.15) is 0 Å². The van der Waals surface area contributed by atoms with Gasteiger partial charge in [-0.15, -0.1) is 0 Å². The van der Waals surface area contributed by atoms with Crippen LogP contribution < -0.4 is 5.32 Å². The molecule has 2 fully saturated rings. The van der Waals surface area contributed by atoms with Gasteiger partial charge in [0.2, 0.25) is 0 Å². The summed E-state index contributed by atoms with van der Waals surface area (Å²) in [6.07, 6.45) is 7.47. The van der Waals surface area contributed by atoms with Crippen LogP contribution in [0.1, 0.15) is 46.0 Å². The van der Waals surface area contributed by atoms with Crippen molar-refractivity contribution in [2.24, 2.45) is 11.8 Å². The van der Waals surface area contributed by atoms with Crippen molar-refractivity contribution in [3.05, 3.63) is 0 Å². The molecular weight excluding hydrogens is 186 g/mol. The molecule has 15 heavy (non-hydrogen) atoms. The maximum absolute atomic E-state index is 5.58. The van der Waals surface area contributed by atoms with Crippen molar-refractivity contribution in [2.75, 3.05) is 13.2 Å². The van der Waals surface area contributed by atoms with Gasteiger partial charge in [-0.05, 0) is 44.9 Å². The molecule has 1 N–H and O–H groups in total. The van der Waals surface area contributed by atoms with E-state index in [2.05, 4.69) is 19.2 Å². The monoisotopic (exact) mass is 211 g/mol. The van der Waals surface area contributed by atoms with E-state index in [0.29, 0.717) is 12.1 Å². The van der Waals surface area contributed by atoms with E-state index >= 15 is 0 Å². The third kappa shape index (κ3) is 2.94. The summed E-state index contributed by atoms with van der Waals surface area (Å²) in [5, 5.41) is 3.72. The van der Waals surface area contributed by atoms with Crippen molar-refractivity contribution in [3.8, 4) is 0 Å². The van der Waals surface area contributed by atoms with Crippen LogP contribution in [0.2, 0.25) is 0 Å². The van der Waals surface area contributed by atoms with Gasteiger partial charge in [0.15, 0.2) is 0 Å². The van der Waals surface area contributed by atoms with E-state index in [1.54, 1.807) is 0 Å². The van der Waals surface area contributed by atoms with Crippen molar-refractivity contribution >= 4 is 0 Å². The Balaban J connectivity index is 1.67. The van der Waals surface area contributed by atoms with Gasteiger partial charge in [0, 0.05) is 19.2 Å². The number of rotatable bonds is 4. The Morgan fingerprint density at radius 1 is 1.27 bits per heavy atom. The van der Waals surface area contributed by atoms with Crippen molar-refractivity contribution in [1.82, 2.24) is 5.32 Å². The second kappa shape index (κ2) is 5.31. The van der Waals surface area contributed by atoms with Gasteiger partial charge in [-0.2, -0.15) is 0 Å². The van der Waals surface area contributed by atoms with E-state index in [0.717, 1.165) is 25.0 Å². The summed E-state index contributed by atoms with van der Waals surface area (Å²) in [6.45, 7) is 6.68. The van der Waals surface area contributed by atoms with Crippen molar-refractivity contribution in [3.63, 3.8) is 0 Å². The van der Waals surface area contributed by atoms with E-state index in [1.165, 1.54) is 32.1 Å². The Bertz CT molecular complexity index is 189. The summed E-state index contributed by atoms with van der Waals surface area (Å²) in [5.74, 6) is 1.68. The molecule has 0 aromatic heterocycles. The minimum absolute atomic E-state index is 0.466. The van der Waals surface area contributed by atoms with E-state index < -0.39 is 0 Å². The molecule has 2 aliphatic rings. The van der Waals surface area contributed by atoms with Crippen LogP contribution >= 0.6 is 0 Å². The predicted octanol–water partition coefficient (Wildman–Crippen LogP) is 2.58. The fourth-order valence-corrected chi connectivity index (χ4v) is 3.01. The Kier molecular flexibility index (Phi) is 4.04. The molecule has 3 unspecified atom stereocenters. The average Bonchev–Trinajstić information content (AvgIpc) is 2.85. The molecule has 2 nitrogen and oxygen atoms in total. The van der Waals surface area contributed by atoms with E-state index in [4.69, 9.17) is 4.74 Å². The molecular formula is C13H25NO. The molecule has 1 saturated carbocycles. The normalized spacial score (nSPS) is 34.8. The van der Waals surface area contributed by atoms with Gasteiger partial charge in [0.25, 0.3) is 0 Å². The summed E-state index contributed by atoms with van der Waals surface area (Å²) >= 11 is 0. The van der Waals surface area contributed by atoms with Gasteiger partial charge >= 0.3 is 0 Å². The third-order valence-corrected chi connectivity index (χ3v) is 4.34. The largest absolute Gasteiger partial charge is 0.378 e. The summed E-state index contributed by atoms with van der Waals surface area (Å²) in [4.78, 5) is 0. The summed E-state index contributed by atoms with van der Waals surface area (Å²) in [7, 11) is 0. The van der Waals surface area contributed by atoms with Crippen LogP contribution in [-0.2, 0) is 4.74 Å². The molecule has 0 spiro atoms. The Morgan fingerprint density at radius 3 is 2.60 bits per heavy atom. The topological polar surface area (TPSA) is 21.3 Å². The van der Waals surface area contributed by atoms with Crippen LogP contribution in [0.3, 0.4) is 0 Å². The van der Waals surface area contributed by atoms with Crippen LogP contribution in [-0.4, -0.2) is 25.3 Å². The van der Waals surface area contributed by atoms with E-state index in [1.807, 2.05) is 0 Å². The highest BCUT2D eigenvalue weighted by atomic mass is 16.5. The number of ether oxygens (including phenoxy) is 1. The first-order valence-corrected chi connectivity index (χ1v) is 6.62. The van der Waals surface area contributed by atoms with E-state index in [9.17, 15) is 0 Å². The first-order valence-electron chi connectivity index (χ1n) is 6.62. The summed E-state index contributed by atoms with van der Waals surface area (Å²) in [6, 6.07) is 0.709. The highest BCUT2D eigenvalue weighted by molar-refractivity contribution is 4.80. The van der Waals surface area contributed by atoms with Crippen molar-refractivity contribution in [1.29, 1.82) is 0 Å². The molecule has 0 aromatic rings. The van der Waals surface area contributed by atoms with E-state index in [-0.39, 0.29) is 0 Å². The highest BCUT2D eigenvalue weighted by Gasteiger charge is 2.26. The molecule has 2 rings (SSSR count). The number of nitrogens with one attached hydrogen (secondary N) is 1. The molecule has 1 aliphatic carbocycles. The first-order chi connectivity index (χ1) is 7.27. The zero-order chi connectivity index (χ0) is 10.7. The zero-order valence-corrected chi connectivity index (χ0v) is 10.2. The molecule has 3 atom stereocenters. The van der Waals surface area contributed by atoms with Crippen LogP contribution in [0, 0.1) is 11.8 Å². The Morgan fingerprint density at radius 2 is 2.00 bits per heavy atom. The lowest BCUT2D eigenvalue weighted by Gasteiger charge is -2.23. The summed E-state index contributed by atoms with van der Waals surface area (Å²) < 4.78 is 5.58. The minimum atomic E-state index is 0.466.